The SMILES string of the molecule is NC(c1cccs1)C1CN2CCN1CC2. The van der Waals surface area contributed by atoms with E-state index in [-0.39, 0.29) is 6.04 Å². The first kappa shape index (κ1) is 9.78. The van der Waals surface area contributed by atoms with Crippen molar-refractivity contribution in [3.05, 3.63) is 22.4 Å². The maximum absolute atomic E-state index is 6.34. The molecule has 0 radical (unpaired) electrons. The highest BCUT2D eigenvalue weighted by Gasteiger charge is 2.35. The zero-order chi connectivity index (χ0) is 10.3. The van der Waals surface area contributed by atoms with Crippen molar-refractivity contribution < 1.29 is 0 Å². The van der Waals surface area contributed by atoms with Gasteiger partial charge in [-0.3, -0.25) is 9.80 Å². The highest BCUT2D eigenvalue weighted by molar-refractivity contribution is 7.10. The van der Waals surface area contributed by atoms with Crippen LogP contribution in [0.15, 0.2) is 17.5 Å². The molecule has 2 bridgehead atoms. The normalized spacial score (nSPS) is 36.7. The van der Waals surface area contributed by atoms with Crippen LogP contribution in [0.4, 0.5) is 0 Å². The minimum Gasteiger partial charge on any atom is -0.322 e. The Morgan fingerprint density at radius 2 is 2.13 bits per heavy atom. The second-order valence-electron chi connectivity index (χ2n) is 4.45. The van der Waals surface area contributed by atoms with Gasteiger partial charge in [-0.05, 0) is 11.4 Å². The molecule has 1 aromatic heterocycles. The largest absolute Gasteiger partial charge is 0.322 e. The van der Waals surface area contributed by atoms with Crippen molar-refractivity contribution in [2.24, 2.45) is 5.73 Å². The summed E-state index contributed by atoms with van der Waals surface area (Å²) in [4.78, 5) is 6.43. The van der Waals surface area contributed by atoms with Crippen molar-refractivity contribution in [1.82, 2.24) is 9.80 Å². The van der Waals surface area contributed by atoms with E-state index in [2.05, 4.69) is 27.3 Å². The molecule has 15 heavy (non-hydrogen) atoms. The third-order valence-corrected chi connectivity index (χ3v) is 4.58. The van der Waals surface area contributed by atoms with Crippen LogP contribution in [0.25, 0.3) is 0 Å². The summed E-state index contributed by atoms with van der Waals surface area (Å²) in [6, 6.07) is 4.99. The van der Waals surface area contributed by atoms with Crippen LogP contribution in [0.1, 0.15) is 10.9 Å². The van der Waals surface area contributed by atoms with Gasteiger partial charge in [0, 0.05) is 43.6 Å². The second-order valence-corrected chi connectivity index (χ2v) is 5.42. The summed E-state index contributed by atoms with van der Waals surface area (Å²) >= 11 is 1.78. The Labute approximate surface area is 94.5 Å². The molecule has 0 amide bonds. The fourth-order valence-corrected chi connectivity index (χ4v) is 3.45. The molecule has 3 aliphatic rings. The Hall–Kier alpha value is -0.420. The number of fused-ring (bicyclic) bond motifs is 3. The summed E-state index contributed by atoms with van der Waals surface area (Å²) < 4.78 is 0. The number of nitrogens with zero attached hydrogens (tertiary/aromatic N) is 2. The van der Waals surface area contributed by atoms with E-state index in [1.165, 1.54) is 31.1 Å². The van der Waals surface area contributed by atoms with Crippen LogP contribution in [0.3, 0.4) is 0 Å². The molecule has 1 aromatic rings. The van der Waals surface area contributed by atoms with Gasteiger partial charge in [0.2, 0.25) is 0 Å². The maximum atomic E-state index is 6.34. The fraction of sp³-hybridized carbons (Fsp3) is 0.636. The number of hydrogen-bond acceptors (Lipinski definition) is 4. The standard InChI is InChI=1S/C11H17N3S/c12-11(10-2-1-7-15-10)9-8-13-3-5-14(9)6-4-13/h1-2,7,9,11H,3-6,8,12H2. The highest BCUT2D eigenvalue weighted by atomic mass is 32.1. The molecule has 2 N–H and O–H groups in total. The van der Waals surface area contributed by atoms with E-state index in [0.717, 1.165) is 6.54 Å². The van der Waals surface area contributed by atoms with E-state index in [1.807, 2.05) is 0 Å². The molecule has 3 fully saturated rings. The molecule has 4 rings (SSSR count). The van der Waals surface area contributed by atoms with Gasteiger partial charge < -0.3 is 5.73 Å². The molecule has 0 spiro atoms. The third-order valence-electron chi connectivity index (χ3n) is 3.61. The van der Waals surface area contributed by atoms with E-state index in [1.54, 1.807) is 11.3 Å². The molecular weight excluding hydrogens is 206 g/mol. The third kappa shape index (κ3) is 1.72. The van der Waals surface area contributed by atoms with Crippen molar-refractivity contribution in [2.45, 2.75) is 12.1 Å². The zero-order valence-electron chi connectivity index (χ0n) is 8.80. The summed E-state index contributed by atoms with van der Waals surface area (Å²) in [7, 11) is 0. The highest BCUT2D eigenvalue weighted by Crippen LogP contribution is 2.27. The van der Waals surface area contributed by atoms with E-state index < -0.39 is 0 Å². The van der Waals surface area contributed by atoms with Crippen molar-refractivity contribution in [3.63, 3.8) is 0 Å². The van der Waals surface area contributed by atoms with E-state index in [0.29, 0.717) is 6.04 Å². The van der Waals surface area contributed by atoms with Gasteiger partial charge in [-0.1, -0.05) is 6.07 Å². The monoisotopic (exact) mass is 223 g/mol. The predicted molar refractivity (Wildman–Crippen MR) is 63.0 cm³/mol. The minimum atomic E-state index is 0.202. The zero-order valence-corrected chi connectivity index (χ0v) is 9.62. The summed E-state index contributed by atoms with van der Waals surface area (Å²) in [5.41, 5.74) is 6.34. The van der Waals surface area contributed by atoms with Crippen LogP contribution in [-0.2, 0) is 0 Å². The lowest BCUT2D eigenvalue weighted by atomic mass is 10.00. The van der Waals surface area contributed by atoms with Crippen LogP contribution < -0.4 is 5.73 Å². The van der Waals surface area contributed by atoms with Crippen molar-refractivity contribution in [3.8, 4) is 0 Å². The molecule has 3 aliphatic heterocycles. The molecule has 0 saturated carbocycles. The predicted octanol–water partition coefficient (Wildman–Crippen LogP) is 0.748. The lowest BCUT2D eigenvalue weighted by Crippen LogP contribution is -2.63. The van der Waals surface area contributed by atoms with Crippen LogP contribution in [0.2, 0.25) is 0 Å². The summed E-state index contributed by atoms with van der Waals surface area (Å²) in [5, 5.41) is 2.12. The number of hydrogen-bond donors (Lipinski definition) is 1. The molecule has 4 heteroatoms. The van der Waals surface area contributed by atoms with Gasteiger partial charge >= 0.3 is 0 Å². The topological polar surface area (TPSA) is 32.5 Å². The molecule has 2 atom stereocenters. The van der Waals surface area contributed by atoms with Crippen molar-refractivity contribution >= 4 is 11.3 Å². The lowest BCUT2D eigenvalue weighted by molar-refractivity contribution is 0.00261. The van der Waals surface area contributed by atoms with Crippen LogP contribution in [0, 0.1) is 0 Å². The Morgan fingerprint density at radius 3 is 2.67 bits per heavy atom. The van der Waals surface area contributed by atoms with Crippen LogP contribution in [0.5, 0.6) is 0 Å². The quantitative estimate of drug-likeness (QED) is 0.803. The fourth-order valence-electron chi connectivity index (χ4n) is 2.67. The molecule has 2 unspecified atom stereocenters. The van der Waals surface area contributed by atoms with Crippen molar-refractivity contribution in [2.75, 3.05) is 32.7 Å². The Balaban J connectivity index is 1.77. The first-order valence-electron chi connectivity index (χ1n) is 5.60. The van der Waals surface area contributed by atoms with Gasteiger partial charge in [0.15, 0.2) is 0 Å². The van der Waals surface area contributed by atoms with Crippen LogP contribution >= 0.6 is 11.3 Å². The first-order valence-corrected chi connectivity index (χ1v) is 6.48. The van der Waals surface area contributed by atoms with Gasteiger partial charge in [0.05, 0.1) is 6.04 Å². The smallest absolute Gasteiger partial charge is 0.0560 e. The molecule has 82 valence electrons. The lowest BCUT2D eigenvalue weighted by Gasteiger charge is -2.49. The first-order chi connectivity index (χ1) is 7.34. The minimum absolute atomic E-state index is 0.202. The molecular formula is C11H17N3S. The van der Waals surface area contributed by atoms with Gasteiger partial charge in [-0.2, -0.15) is 0 Å². The van der Waals surface area contributed by atoms with Gasteiger partial charge in [-0.15, -0.1) is 11.3 Å². The van der Waals surface area contributed by atoms with E-state index in [9.17, 15) is 0 Å². The van der Waals surface area contributed by atoms with Gasteiger partial charge in [-0.25, -0.2) is 0 Å². The van der Waals surface area contributed by atoms with Crippen molar-refractivity contribution in [1.29, 1.82) is 0 Å². The molecule has 3 nitrogen and oxygen atoms in total. The summed E-state index contributed by atoms with van der Waals surface area (Å²) in [6.07, 6.45) is 0. The average molecular weight is 223 g/mol. The molecule has 4 heterocycles. The van der Waals surface area contributed by atoms with Gasteiger partial charge in [0.25, 0.3) is 0 Å². The molecule has 0 aliphatic carbocycles. The van der Waals surface area contributed by atoms with E-state index in [4.69, 9.17) is 5.73 Å². The Bertz CT molecular complexity index is 317. The summed E-state index contributed by atoms with van der Waals surface area (Å²) in [6.45, 7) is 6.01. The number of rotatable bonds is 2. The summed E-state index contributed by atoms with van der Waals surface area (Å²) in [5.74, 6) is 0. The maximum Gasteiger partial charge on any atom is 0.0560 e. The number of thiophene rings is 1. The Morgan fingerprint density at radius 1 is 1.33 bits per heavy atom. The second kappa shape index (κ2) is 3.87. The molecule has 0 aromatic carbocycles. The van der Waals surface area contributed by atoms with Gasteiger partial charge in [0.1, 0.15) is 0 Å². The molecule has 3 saturated heterocycles. The number of piperazine rings is 3. The average Bonchev–Trinajstić information content (AvgIpc) is 2.83. The van der Waals surface area contributed by atoms with Crippen LogP contribution in [-0.4, -0.2) is 48.6 Å². The number of nitrogens with two attached hydrogens (primary N) is 1. The Kier molecular flexibility index (Phi) is 2.52. The van der Waals surface area contributed by atoms with E-state index >= 15 is 0 Å².